The monoisotopic (exact) mass is 251 g/mol. The Labute approximate surface area is 109 Å². The molecule has 1 unspecified atom stereocenters. The first-order valence-corrected chi connectivity index (χ1v) is 6.75. The third-order valence-electron chi connectivity index (χ3n) is 3.02. The van der Waals surface area contributed by atoms with Gasteiger partial charge in [-0.1, -0.05) is 26.0 Å². The first-order valence-electron chi connectivity index (χ1n) is 6.75. The number of nitrogens with one attached hydrogen (secondary N) is 1. The second-order valence-electron chi connectivity index (χ2n) is 5.45. The molecular weight excluding hydrogens is 229 g/mol. The molecule has 0 aliphatic heterocycles. The maximum Gasteiger partial charge on any atom is 0.123 e. The van der Waals surface area contributed by atoms with Crippen molar-refractivity contribution in [3.05, 3.63) is 35.6 Å². The van der Waals surface area contributed by atoms with Gasteiger partial charge in [0.2, 0.25) is 0 Å². The lowest BCUT2D eigenvalue weighted by molar-refractivity contribution is 0.0347. The maximum atomic E-state index is 13.3. The van der Waals surface area contributed by atoms with E-state index in [1.807, 2.05) is 6.07 Å². The van der Waals surface area contributed by atoms with Crippen LogP contribution in [0.4, 0.5) is 4.39 Å². The maximum absolute atomic E-state index is 13.3. The second kappa shape index (κ2) is 6.30. The van der Waals surface area contributed by atoms with E-state index in [2.05, 4.69) is 19.2 Å². The molecule has 1 aromatic rings. The van der Waals surface area contributed by atoms with Crippen molar-refractivity contribution in [3.8, 4) is 0 Å². The molecule has 1 aliphatic rings. The Balaban J connectivity index is 1.96. The smallest absolute Gasteiger partial charge is 0.123 e. The van der Waals surface area contributed by atoms with Gasteiger partial charge in [0.1, 0.15) is 5.82 Å². The summed E-state index contributed by atoms with van der Waals surface area (Å²) in [7, 11) is 0. The van der Waals surface area contributed by atoms with Crippen LogP contribution in [0.15, 0.2) is 24.3 Å². The number of hydrogen-bond acceptors (Lipinski definition) is 2. The summed E-state index contributed by atoms with van der Waals surface area (Å²) in [5, 5.41) is 3.45. The van der Waals surface area contributed by atoms with E-state index < -0.39 is 0 Å². The number of halogens is 1. The fraction of sp³-hybridized carbons (Fsp3) is 0.600. The third kappa shape index (κ3) is 4.39. The van der Waals surface area contributed by atoms with Gasteiger partial charge in [0.05, 0.1) is 6.10 Å². The molecule has 3 heteroatoms. The molecule has 0 heterocycles. The van der Waals surface area contributed by atoms with Crippen molar-refractivity contribution in [1.29, 1.82) is 0 Å². The summed E-state index contributed by atoms with van der Waals surface area (Å²) in [6, 6.07) is 7.36. The Morgan fingerprint density at radius 1 is 1.39 bits per heavy atom. The number of ether oxygens (including phenoxy) is 1. The van der Waals surface area contributed by atoms with Gasteiger partial charge < -0.3 is 10.1 Å². The Bertz CT molecular complexity index is 371. The van der Waals surface area contributed by atoms with E-state index >= 15 is 0 Å². The highest BCUT2D eigenvalue weighted by atomic mass is 19.1. The predicted octanol–water partition coefficient (Wildman–Crippen LogP) is 3.29. The van der Waals surface area contributed by atoms with E-state index in [-0.39, 0.29) is 11.9 Å². The Morgan fingerprint density at radius 3 is 2.78 bits per heavy atom. The van der Waals surface area contributed by atoms with Gasteiger partial charge in [-0.2, -0.15) is 0 Å². The minimum absolute atomic E-state index is 0.0521. The predicted molar refractivity (Wildman–Crippen MR) is 71.0 cm³/mol. The lowest BCUT2D eigenvalue weighted by Crippen LogP contribution is -2.26. The average molecular weight is 251 g/mol. The first-order chi connectivity index (χ1) is 8.65. The largest absolute Gasteiger partial charge is 0.372 e. The van der Waals surface area contributed by atoms with Gasteiger partial charge in [0.15, 0.2) is 0 Å². The normalized spacial score (nSPS) is 17.1. The number of rotatable bonds is 7. The lowest BCUT2D eigenvalue weighted by Gasteiger charge is -2.20. The van der Waals surface area contributed by atoms with Crippen molar-refractivity contribution in [3.63, 3.8) is 0 Å². The highest BCUT2D eigenvalue weighted by Crippen LogP contribution is 2.23. The minimum atomic E-state index is -0.197. The highest BCUT2D eigenvalue weighted by Gasteiger charge is 2.23. The van der Waals surface area contributed by atoms with Gasteiger partial charge in [-0.05, 0) is 36.5 Å². The van der Waals surface area contributed by atoms with Crippen molar-refractivity contribution >= 4 is 0 Å². The van der Waals surface area contributed by atoms with Crippen molar-refractivity contribution in [2.45, 2.75) is 38.8 Å². The van der Waals surface area contributed by atoms with Crippen LogP contribution in [0, 0.1) is 11.7 Å². The quantitative estimate of drug-likeness (QED) is 0.803. The molecule has 0 amide bonds. The lowest BCUT2D eigenvalue weighted by atomic mass is 10.1. The van der Waals surface area contributed by atoms with Gasteiger partial charge >= 0.3 is 0 Å². The van der Waals surface area contributed by atoms with Crippen LogP contribution in [0.3, 0.4) is 0 Å². The fourth-order valence-corrected chi connectivity index (χ4v) is 1.85. The molecule has 2 rings (SSSR count). The summed E-state index contributed by atoms with van der Waals surface area (Å²) in [5.41, 5.74) is 0.920. The summed E-state index contributed by atoms with van der Waals surface area (Å²) >= 11 is 0. The molecule has 1 aliphatic carbocycles. The summed E-state index contributed by atoms with van der Waals surface area (Å²) in [6.45, 7) is 5.71. The third-order valence-corrected chi connectivity index (χ3v) is 3.02. The Morgan fingerprint density at radius 2 is 2.17 bits per heavy atom. The zero-order valence-corrected chi connectivity index (χ0v) is 11.2. The van der Waals surface area contributed by atoms with Crippen LogP contribution in [0.2, 0.25) is 0 Å². The number of benzene rings is 1. The van der Waals surface area contributed by atoms with Gasteiger partial charge in [0.25, 0.3) is 0 Å². The summed E-state index contributed by atoms with van der Waals surface area (Å²) in [4.78, 5) is 0. The van der Waals surface area contributed by atoms with Gasteiger partial charge in [-0.15, -0.1) is 0 Å². The van der Waals surface area contributed by atoms with E-state index in [9.17, 15) is 4.39 Å². The average Bonchev–Trinajstić information content (AvgIpc) is 3.12. The van der Waals surface area contributed by atoms with E-state index in [1.165, 1.54) is 18.9 Å². The molecule has 0 bridgehead atoms. The topological polar surface area (TPSA) is 21.3 Å². The molecule has 0 spiro atoms. The molecule has 18 heavy (non-hydrogen) atoms. The zero-order chi connectivity index (χ0) is 13.0. The van der Waals surface area contributed by atoms with Gasteiger partial charge in [-0.3, -0.25) is 0 Å². The molecule has 1 aromatic carbocycles. The molecule has 1 fully saturated rings. The van der Waals surface area contributed by atoms with Crippen LogP contribution < -0.4 is 5.32 Å². The molecule has 0 radical (unpaired) electrons. The van der Waals surface area contributed by atoms with E-state index in [0.29, 0.717) is 18.6 Å². The molecule has 1 atom stereocenters. The van der Waals surface area contributed by atoms with Crippen LogP contribution in [0.1, 0.15) is 38.4 Å². The van der Waals surface area contributed by atoms with Crippen molar-refractivity contribution in [1.82, 2.24) is 5.32 Å². The minimum Gasteiger partial charge on any atom is -0.372 e. The van der Waals surface area contributed by atoms with Crippen molar-refractivity contribution in [2.24, 2.45) is 5.92 Å². The van der Waals surface area contributed by atoms with Crippen LogP contribution >= 0.6 is 0 Å². The van der Waals surface area contributed by atoms with Crippen LogP contribution in [0.5, 0.6) is 0 Å². The zero-order valence-electron chi connectivity index (χ0n) is 11.2. The molecule has 0 aromatic heterocycles. The van der Waals surface area contributed by atoms with E-state index in [4.69, 9.17) is 4.74 Å². The SMILES string of the molecule is CC(C)COC(CNC1CC1)c1cccc(F)c1. The van der Waals surface area contributed by atoms with Crippen LogP contribution in [-0.2, 0) is 4.74 Å². The molecule has 2 nitrogen and oxygen atoms in total. The molecule has 0 saturated heterocycles. The summed E-state index contributed by atoms with van der Waals surface area (Å²) in [6.07, 6.45) is 2.45. The van der Waals surface area contributed by atoms with Crippen LogP contribution in [-0.4, -0.2) is 19.2 Å². The molecule has 1 N–H and O–H groups in total. The van der Waals surface area contributed by atoms with Crippen molar-refractivity contribution < 1.29 is 9.13 Å². The highest BCUT2D eigenvalue weighted by molar-refractivity contribution is 5.19. The van der Waals surface area contributed by atoms with Crippen LogP contribution in [0.25, 0.3) is 0 Å². The number of hydrogen-bond donors (Lipinski definition) is 1. The van der Waals surface area contributed by atoms with E-state index in [1.54, 1.807) is 12.1 Å². The summed E-state index contributed by atoms with van der Waals surface area (Å²) < 4.78 is 19.2. The fourth-order valence-electron chi connectivity index (χ4n) is 1.85. The van der Waals surface area contributed by atoms with Gasteiger partial charge in [0, 0.05) is 19.2 Å². The molecular formula is C15H22FNO. The van der Waals surface area contributed by atoms with E-state index in [0.717, 1.165) is 12.1 Å². The molecule has 1 saturated carbocycles. The first kappa shape index (κ1) is 13.5. The van der Waals surface area contributed by atoms with Crippen molar-refractivity contribution in [2.75, 3.05) is 13.2 Å². The second-order valence-corrected chi connectivity index (χ2v) is 5.45. The summed E-state index contributed by atoms with van der Waals surface area (Å²) in [5.74, 6) is 0.291. The molecule has 100 valence electrons. The Hall–Kier alpha value is -0.930. The van der Waals surface area contributed by atoms with Gasteiger partial charge in [-0.25, -0.2) is 4.39 Å². The Kier molecular flexibility index (Phi) is 4.72. The standard InChI is InChI=1S/C15H22FNO/c1-11(2)10-18-15(9-17-14-6-7-14)12-4-3-5-13(16)8-12/h3-5,8,11,14-15,17H,6-7,9-10H2,1-2H3.